The van der Waals surface area contributed by atoms with E-state index in [1.165, 1.54) is 0 Å². The number of benzene rings is 1. The van der Waals surface area contributed by atoms with Gasteiger partial charge in [-0.2, -0.15) is 0 Å². The zero-order chi connectivity index (χ0) is 9.68. The van der Waals surface area contributed by atoms with Gasteiger partial charge in [-0.15, -0.1) is 0 Å². The molecular weight excluding hydrogens is 165 g/mol. The van der Waals surface area contributed by atoms with Crippen LogP contribution in [0, 0.1) is 0 Å². The summed E-state index contributed by atoms with van der Waals surface area (Å²) in [4.78, 5) is 10.5. The molecule has 1 rings (SSSR count). The van der Waals surface area contributed by atoms with Crippen LogP contribution in [0.4, 0.5) is 4.79 Å². The van der Waals surface area contributed by atoms with E-state index < -0.39 is 11.8 Å². The predicted molar refractivity (Wildman–Crippen MR) is 50.6 cm³/mol. The molecule has 0 aliphatic heterocycles. The zero-order valence-electron chi connectivity index (χ0n) is 7.10. The third-order valence-corrected chi connectivity index (χ3v) is 1.70. The molecule has 1 aromatic carbocycles. The highest BCUT2D eigenvalue weighted by molar-refractivity contribution is 6.57. The van der Waals surface area contributed by atoms with Gasteiger partial charge in [0.2, 0.25) is 7.85 Å². The molecule has 2 radical (unpaired) electrons. The van der Waals surface area contributed by atoms with Crippen molar-refractivity contribution < 1.29 is 9.90 Å². The number of nitrogens with one attached hydrogen (secondary N) is 1. The van der Waals surface area contributed by atoms with Gasteiger partial charge < -0.3 is 10.4 Å². The van der Waals surface area contributed by atoms with Crippen molar-refractivity contribution in [1.29, 1.82) is 0 Å². The minimum absolute atomic E-state index is 0.160. The molecule has 0 bridgehead atoms. The molecule has 13 heavy (non-hydrogen) atoms. The van der Waals surface area contributed by atoms with Gasteiger partial charge in [-0.1, -0.05) is 30.3 Å². The van der Waals surface area contributed by atoms with Crippen molar-refractivity contribution in [3.63, 3.8) is 0 Å². The predicted octanol–water partition coefficient (Wildman–Crippen LogP) is 0.598. The first-order valence-corrected chi connectivity index (χ1v) is 3.96. The van der Waals surface area contributed by atoms with E-state index in [1.807, 2.05) is 30.3 Å². The van der Waals surface area contributed by atoms with E-state index in [1.54, 1.807) is 0 Å². The van der Waals surface area contributed by atoms with Crippen molar-refractivity contribution in [3.05, 3.63) is 35.9 Å². The summed E-state index contributed by atoms with van der Waals surface area (Å²) in [5.74, 6) is -0.636. The number of aliphatic hydroxyl groups excluding tert-OH is 1. The molecule has 1 unspecified atom stereocenters. The van der Waals surface area contributed by atoms with Crippen LogP contribution in [0.5, 0.6) is 0 Å². The maximum atomic E-state index is 10.5. The normalized spacial score (nSPS) is 12.1. The van der Waals surface area contributed by atoms with Crippen molar-refractivity contribution in [2.45, 2.75) is 6.04 Å². The molecule has 0 saturated carbocycles. The Labute approximate surface area is 78.2 Å². The van der Waals surface area contributed by atoms with E-state index >= 15 is 0 Å². The third kappa shape index (κ3) is 2.91. The zero-order valence-corrected chi connectivity index (χ0v) is 7.10. The fourth-order valence-electron chi connectivity index (χ4n) is 1.09. The van der Waals surface area contributed by atoms with Crippen molar-refractivity contribution in [1.82, 2.24) is 5.32 Å². The van der Waals surface area contributed by atoms with Crippen LogP contribution >= 0.6 is 0 Å². The average molecular weight is 175 g/mol. The van der Waals surface area contributed by atoms with Gasteiger partial charge in [0.15, 0.2) is 5.81 Å². The van der Waals surface area contributed by atoms with E-state index in [2.05, 4.69) is 5.32 Å². The highest BCUT2D eigenvalue weighted by Gasteiger charge is 2.09. The second-order valence-electron chi connectivity index (χ2n) is 2.65. The van der Waals surface area contributed by atoms with Gasteiger partial charge in [0.1, 0.15) is 0 Å². The summed E-state index contributed by atoms with van der Waals surface area (Å²) in [6, 6.07) is 8.75. The summed E-state index contributed by atoms with van der Waals surface area (Å²) in [6.45, 7) is -0.160. The molecule has 0 aliphatic rings. The number of hydrogen-bond acceptors (Lipinski definition) is 2. The Hall–Kier alpha value is -1.29. The molecule has 1 aromatic rings. The molecule has 0 aliphatic carbocycles. The summed E-state index contributed by atoms with van der Waals surface area (Å²) in [7, 11) is 4.95. The van der Waals surface area contributed by atoms with Gasteiger partial charge in [-0.3, -0.25) is 4.79 Å². The maximum Gasteiger partial charge on any atom is 0.200 e. The van der Waals surface area contributed by atoms with Crippen LogP contribution in [0.25, 0.3) is 0 Å². The first kappa shape index (κ1) is 9.80. The Morgan fingerprint density at radius 2 is 2.08 bits per heavy atom. The molecule has 66 valence electrons. The van der Waals surface area contributed by atoms with Gasteiger partial charge in [-0.05, 0) is 5.56 Å². The standard InChI is InChI=1S/C9H10BNO2/c10-9(13)11-8(6-12)7-4-2-1-3-5-7/h1-5,8,12H,6H2,(H,11,13). The topological polar surface area (TPSA) is 49.3 Å². The Kier molecular flexibility index (Phi) is 3.52. The van der Waals surface area contributed by atoms with Crippen molar-refractivity contribution in [3.8, 4) is 0 Å². The maximum absolute atomic E-state index is 10.5. The van der Waals surface area contributed by atoms with Crippen molar-refractivity contribution >= 4 is 13.7 Å². The molecule has 4 heteroatoms. The third-order valence-electron chi connectivity index (χ3n) is 1.70. The highest BCUT2D eigenvalue weighted by Crippen LogP contribution is 2.10. The number of carbonyl (C=O) groups is 1. The lowest BCUT2D eigenvalue weighted by Gasteiger charge is -2.15. The monoisotopic (exact) mass is 175 g/mol. The fraction of sp³-hybridized carbons (Fsp3) is 0.222. The van der Waals surface area contributed by atoms with E-state index in [9.17, 15) is 4.79 Å². The first-order chi connectivity index (χ1) is 6.24. The highest BCUT2D eigenvalue weighted by atomic mass is 16.3. The molecule has 0 aromatic heterocycles. The average Bonchev–Trinajstić information content (AvgIpc) is 2.15. The number of hydrogen-bond donors (Lipinski definition) is 2. The Bertz CT molecular complexity index is 276. The van der Waals surface area contributed by atoms with E-state index in [-0.39, 0.29) is 6.61 Å². The van der Waals surface area contributed by atoms with Gasteiger partial charge in [0, 0.05) is 0 Å². The largest absolute Gasteiger partial charge is 0.394 e. The number of rotatable bonds is 3. The van der Waals surface area contributed by atoms with E-state index in [0.717, 1.165) is 5.56 Å². The summed E-state index contributed by atoms with van der Waals surface area (Å²) >= 11 is 0. The van der Waals surface area contributed by atoms with Crippen LogP contribution in [0.3, 0.4) is 0 Å². The molecule has 0 heterocycles. The molecular formula is C9H10BNO2. The number of carbonyl (C=O) groups excluding carboxylic acids is 1. The van der Waals surface area contributed by atoms with Crippen molar-refractivity contribution in [2.24, 2.45) is 0 Å². The molecule has 1 atom stereocenters. The number of aliphatic hydroxyl groups is 1. The lowest BCUT2D eigenvalue weighted by molar-refractivity contribution is 0.231. The fourth-order valence-corrected chi connectivity index (χ4v) is 1.09. The second-order valence-corrected chi connectivity index (χ2v) is 2.65. The molecule has 0 spiro atoms. The van der Waals surface area contributed by atoms with E-state index in [4.69, 9.17) is 13.0 Å². The molecule has 2 N–H and O–H groups in total. The Morgan fingerprint density at radius 3 is 2.54 bits per heavy atom. The van der Waals surface area contributed by atoms with Crippen LogP contribution in [0.2, 0.25) is 0 Å². The summed E-state index contributed by atoms with van der Waals surface area (Å²) in [5.41, 5.74) is 0.837. The van der Waals surface area contributed by atoms with Gasteiger partial charge in [0.25, 0.3) is 0 Å². The van der Waals surface area contributed by atoms with Crippen LogP contribution in [-0.2, 0) is 0 Å². The first-order valence-electron chi connectivity index (χ1n) is 3.96. The van der Waals surface area contributed by atoms with Gasteiger partial charge >= 0.3 is 0 Å². The van der Waals surface area contributed by atoms with Crippen LogP contribution < -0.4 is 5.32 Å². The molecule has 0 saturated heterocycles. The van der Waals surface area contributed by atoms with Crippen LogP contribution in [0.15, 0.2) is 30.3 Å². The summed E-state index contributed by atoms with van der Waals surface area (Å²) in [5, 5.41) is 11.4. The Morgan fingerprint density at radius 1 is 1.46 bits per heavy atom. The minimum atomic E-state index is -0.636. The van der Waals surface area contributed by atoms with E-state index in [0.29, 0.717) is 0 Å². The minimum Gasteiger partial charge on any atom is -0.394 e. The van der Waals surface area contributed by atoms with Crippen molar-refractivity contribution in [2.75, 3.05) is 6.61 Å². The quantitative estimate of drug-likeness (QED) is 0.660. The van der Waals surface area contributed by atoms with Crippen LogP contribution in [0.1, 0.15) is 11.6 Å². The second kappa shape index (κ2) is 4.67. The molecule has 1 amide bonds. The summed E-state index contributed by atoms with van der Waals surface area (Å²) < 4.78 is 0. The van der Waals surface area contributed by atoms with Gasteiger partial charge in [0.05, 0.1) is 12.6 Å². The van der Waals surface area contributed by atoms with Crippen LogP contribution in [-0.4, -0.2) is 25.4 Å². The smallest absolute Gasteiger partial charge is 0.200 e. The Balaban J connectivity index is 2.73. The molecule has 0 fully saturated rings. The summed E-state index contributed by atoms with van der Waals surface area (Å²) in [6.07, 6.45) is 0. The lowest BCUT2D eigenvalue weighted by atomic mass is 10.0. The SMILES string of the molecule is [B]C(=O)NC(CO)c1ccccc1. The van der Waals surface area contributed by atoms with Gasteiger partial charge in [-0.25, -0.2) is 0 Å². The lowest BCUT2D eigenvalue weighted by Crippen LogP contribution is -2.29. The molecule has 3 nitrogen and oxygen atoms in total. The number of amides is 1.